The molecule has 11 heavy (non-hydrogen) atoms. The minimum Gasteiger partial charge on any atom is -0.338 e. The zero-order chi connectivity index (χ0) is 7.84. The summed E-state index contributed by atoms with van der Waals surface area (Å²) in [5.41, 5.74) is 6.60. The maximum atomic E-state index is 10.9. The maximum absolute atomic E-state index is 10.9. The molecular formula is C7H10N2O2. The van der Waals surface area contributed by atoms with Crippen LogP contribution in [0.5, 0.6) is 0 Å². The Bertz CT molecular complexity index is 308. The Morgan fingerprint density at radius 1 is 1.64 bits per heavy atom. The zero-order valence-electron chi connectivity index (χ0n) is 6.09. The van der Waals surface area contributed by atoms with E-state index in [-0.39, 0.29) is 12.2 Å². The summed E-state index contributed by atoms with van der Waals surface area (Å²) in [5.74, 6) is 0.500. The van der Waals surface area contributed by atoms with Crippen LogP contribution in [0.2, 0.25) is 0 Å². The lowest BCUT2D eigenvalue weighted by Crippen LogP contribution is -2.09. The predicted octanol–water partition coefficient (Wildman–Crippen LogP) is 0.304. The first-order valence-electron chi connectivity index (χ1n) is 3.73. The fourth-order valence-electron chi connectivity index (χ4n) is 1.23. The maximum Gasteiger partial charge on any atom is 0.361 e. The Labute approximate surface area is 63.4 Å². The van der Waals surface area contributed by atoms with Crippen LogP contribution in [0, 0.1) is 0 Å². The number of nitrogens with one attached hydrogen (secondary N) is 1. The van der Waals surface area contributed by atoms with Crippen molar-refractivity contribution in [1.29, 1.82) is 0 Å². The predicted molar refractivity (Wildman–Crippen MR) is 39.2 cm³/mol. The Balaban J connectivity index is 2.44. The number of rotatable bonds is 2. The fourth-order valence-corrected chi connectivity index (χ4v) is 1.23. The van der Waals surface area contributed by atoms with Gasteiger partial charge in [0.05, 0.1) is 11.3 Å². The second kappa shape index (κ2) is 2.23. The van der Waals surface area contributed by atoms with E-state index < -0.39 is 0 Å². The van der Waals surface area contributed by atoms with Crippen molar-refractivity contribution < 1.29 is 4.52 Å². The fraction of sp³-hybridized carbons (Fsp3) is 0.571. The van der Waals surface area contributed by atoms with Crippen molar-refractivity contribution in [2.45, 2.75) is 25.3 Å². The van der Waals surface area contributed by atoms with Gasteiger partial charge < -0.3 is 10.3 Å². The van der Waals surface area contributed by atoms with Gasteiger partial charge in [0.1, 0.15) is 0 Å². The quantitative estimate of drug-likeness (QED) is 0.643. The van der Waals surface area contributed by atoms with Crippen LogP contribution in [0.4, 0.5) is 0 Å². The average Bonchev–Trinajstić information content (AvgIpc) is 2.76. The molecule has 1 aliphatic rings. The van der Waals surface area contributed by atoms with Crippen LogP contribution in [0.25, 0.3) is 0 Å². The van der Waals surface area contributed by atoms with E-state index in [0.717, 1.165) is 18.5 Å². The molecule has 1 aromatic rings. The molecule has 1 saturated carbocycles. The largest absolute Gasteiger partial charge is 0.361 e. The average molecular weight is 154 g/mol. The summed E-state index contributed by atoms with van der Waals surface area (Å²) in [6.07, 6.45) is 2.28. The molecule has 0 unspecified atom stereocenters. The van der Waals surface area contributed by atoms with Gasteiger partial charge in [-0.25, -0.2) is 9.95 Å². The summed E-state index contributed by atoms with van der Waals surface area (Å²) in [5, 5.41) is 2.62. The van der Waals surface area contributed by atoms with E-state index in [2.05, 4.69) is 9.68 Å². The minimum absolute atomic E-state index is 0.275. The van der Waals surface area contributed by atoms with Crippen LogP contribution in [0.1, 0.15) is 30.0 Å². The highest BCUT2D eigenvalue weighted by Gasteiger charge is 2.29. The third-order valence-corrected chi connectivity index (χ3v) is 2.01. The van der Waals surface area contributed by atoms with Crippen molar-refractivity contribution in [3.8, 4) is 0 Å². The molecule has 3 N–H and O–H groups in total. The van der Waals surface area contributed by atoms with Gasteiger partial charge >= 0.3 is 5.63 Å². The van der Waals surface area contributed by atoms with Crippen molar-refractivity contribution in [3.63, 3.8) is 0 Å². The first kappa shape index (κ1) is 6.67. The van der Waals surface area contributed by atoms with E-state index in [9.17, 15) is 4.79 Å². The van der Waals surface area contributed by atoms with Gasteiger partial charge in [-0.3, -0.25) is 0 Å². The third kappa shape index (κ3) is 0.991. The Kier molecular flexibility index (Phi) is 1.35. The van der Waals surface area contributed by atoms with Crippen LogP contribution < -0.4 is 11.4 Å². The molecule has 4 nitrogen and oxygen atoms in total. The molecule has 0 aliphatic heterocycles. The molecule has 1 heterocycles. The van der Waals surface area contributed by atoms with E-state index in [4.69, 9.17) is 5.73 Å². The molecule has 1 aromatic heterocycles. The van der Waals surface area contributed by atoms with E-state index in [1.807, 2.05) is 0 Å². The van der Waals surface area contributed by atoms with Gasteiger partial charge in [-0.15, -0.1) is 0 Å². The normalized spacial score (nSPS) is 17.2. The van der Waals surface area contributed by atoms with Crippen LogP contribution in [-0.2, 0) is 6.54 Å². The smallest absolute Gasteiger partial charge is 0.338 e. The SMILES string of the molecule is NCc1c(C2CC2)[nH]oc1=O. The van der Waals surface area contributed by atoms with Crippen LogP contribution in [-0.4, -0.2) is 5.16 Å². The molecular weight excluding hydrogens is 144 g/mol. The summed E-state index contributed by atoms with van der Waals surface area (Å²) in [7, 11) is 0. The highest BCUT2D eigenvalue weighted by atomic mass is 16.5. The van der Waals surface area contributed by atoms with Crippen LogP contribution in [0.3, 0.4) is 0 Å². The van der Waals surface area contributed by atoms with E-state index in [0.29, 0.717) is 11.5 Å². The molecule has 1 aliphatic carbocycles. The summed E-state index contributed by atoms with van der Waals surface area (Å²) in [4.78, 5) is 10.9. The standard InChI is InChI=1S/C7H10N2O2/c8-3-5-6(4-1-2-4)9-11-7(5)10/h4,9H,1-3,8H2. The van der Waals surface area contributed by atoms with Crippen molar-refractivity contribution in [1.82, 2.24) is 5.16 Å². The minimum atomic E-state index is -0.311. The molecule has 0 aromatic carbocycles. The second-order valence-corrected chi connectivity index (χ2v) is 2.86. The topological polar surface area (TPSA) is 72.0 Å². The van der Waals surface area contributed by atoms with Gasteiger partial charge in [-0.05, 0) is 12.8 Å². The summed E-state index contributed by atoms with van der Waals surface area (Å²) in [6.45, 7) is 0.275. The third-order valence-electron chi connectivity index (χ3n) is 2.01. The number of hydrogen-bond acceptors (Lipinski definition) is 3. The number of H-pyrrole nitrogens is 1. The zero-order valence-corrected chi connectivity index (χ0v) is 6.09. The highest BCUT2D eigenvalue weighted by Crippen LogP contribution is 2.39. The van der Waals surface area contributed by atoms with Crippen molar-refractivity contribution in [2.24, 2.45) is 5.73 Å². The number of aromatic nitrogens is 1. The summed E-state index contributed by atoms with van der Waals surface area (Å²) in [6, 6.07) is 0. The number of hydrogen-bond donors (Lipinski definition) is 2. The molecule has 0 spiro atoms. The molecule has 0 amide bonds. The van der Waals surface area contributed by atoms with Gasteiger partial charge in [-0.2, -0.15) is 0 Å². The van der Waals surface area contributed by atoms with Crippen molar-refractivity contribution in [3.05, 3.63) is 21.7 Å². The monoisotopic (exact) mass is 154 g/mol. The molecule has 2 rings (SSSR count). The number of nitrogens with two attached hydrogens (primary N) is 1. The van der Waals surface area contributed by atoms with E-state index in [1.165, 1.54) is 0 Å². The highest BCUT2D eigenvalue weighted by molar-refractivity contribution is 5.22. The van der Waals surface area contributed by atoms with E-state index >= 15 is 0 Å². The first-order chi connectivity index (χ1) is 5.33. The van der Waals surface area contributed by atoms with Gasteiger partial charge in [0, 0.05) is 12.5 Å². The first-order valence-corrected chi connectivity index (χ1v) is 3.73. The van der Waals surface area contributed by atoms with Crippen LogP contribution >= 0.6 is 0 Å². The van der Waals surface area contributed by atoms with Crippen molar-refractivity contribution in [2.75, 3.05) is 0 Å². The lowest BCUT2D eigenvalue weighted by Gasteiger charge is -1.91. The Hall–Kier alpha value is -1.03. The van der Waals surface area contributed by atoms with Crippen molar-refractivity contribution >= 4 is 0 Å². The van der Waals surface area contributed by atoms with E-state index in [1.54, 1.807) is 0 Å². The lowest BCUT2D eigenvalue weighted by atomic mass is 10.2. The molecule has 0 atom stereocenters. The lowest BCUT2D eigenvalue weighted by molar-refractivity contribution is 0.384. The van der Waals surface area contributed by atoms with Gasteiger partial charge in [0.25, 0.3) is 0 Å². The molecule has 0 bridgehead atoms. The van der Waals surface area contributed by atoms with Gasteiger partial charge in [0.15, 0.2) is 0 Å². The molecule has 1 fully saturated rings. The number of aromatic amines is 1. The molecule has 0 saturated heterocycles. The Morgan fingerprint density at radius 3 is 2.91 bits per heavy atom. The molecule has 0 radical (unpaired) electrons. The van der Waals surface area contributed by atoms with Crippen LogP contribution in [0.15, 0.2) is 9.32 Å². The Morgan fingerprint density at radius 2 is 2.36 bits per heavy atom. The molecule has 4 heteroatoms. The second-order valence-electron chi connectivity index (χ2n) is 2.86. The van der Waals surface area contributed by atoms with Gasteiger partial charge in [-0.1, -0.05) is 0 Å². The summed E-state index contributed by atoms with van der Waals surface area (Å²) >= 11 is 0. The molecule has 60 valence electrons. The van der Waals surface area contributed by atoms with Gasteiger partial charge in [0.2, 0.25) is 0 Å². The summed E-state index contributed by atoms with van der Waals surface area (Å²) < 4.78 is 4.63.